The first kappa shape index (κ1) is 15.6. The van der Waals surface area contributed by atoms with Crippen LogP contribution in [0.2, 0.25) is 0 Å². The van der Waals surface area contributed by atoms with Gasteiger partial charge in [-0.3, -0.25) is 4.79 Å². The summed E-state index contributed by atoms with van der Waals surface area (Å²) in [5.41, 5.74) is 6.11. The number of carbonyl (C=O) groups is 1. The van der Waals surface area contributed by atoms with Crippen molar-refractivity contribution in [3.63, 3.8) is 0 Å². The third-order valence-electron chi connectivity index (χ3n) is 3.23. The zero-order chi connectivity index (χ0) is 14.3. The molecule has 0 aromatic heterocycles. The van der Waals surface area contributed by atoms with E-state index < -0.39 is 0 Å². The third-order valence-corrected chi connectivity index (χ3v) is 3.23. The Morgan fingerprint density at radius 3 is 2.79 bits per heavy atom. The van der Waals surface area contributed by atoms with Gasteiger partial charge in [-0.05, 0) is 37.1 Å². The molecule has 1 aromatic carbocycles. The topological polar surface area (TPSA) is 46.3 Å². The van der Waals surface area contributed by atoms with E-state index in [1.165, 1.54) is 12.1 Å². The molecule has 1 amide bonds. The van der Waals surface area contributed by atoms with E-state index in [1.54, 1.807) is 17.0 Å². The zero-order valence-corrected chi connectivity index (χ0v) is 11.7. The predicted molar refractivity (Wildman–Crippen MR) is 76.5 cm³/mol. The molecule has 0 saturated heterocycles. The monoisotopic (exact) mass is 266 g/mol. The second-order valence-corrected chi connectivity index (χ2v) is 4.89. The van der Waals surface area contributed by atoms with Gasteiger partial charge >= 0.3 is 0 Å². The van der Waals surface area contributed by atoms with E-state index >= 15 is 0 Å². The number of nitrogens with two attached hydrogens (primary N) is 1. The van der Waals surface area contributed by atoms with Gasteiger partial charge in [0.2, 0.25) is 5.91 Å². The zero-order valence-electron chi connectivity index (χ0n) is 11.7. The maximum atomic E-state index is 13.3. The van der Waals surface area contributed by atoms with Gasteiger partial charge in [0.1, 0.15) is 5.82 Å². The fraction of sp³-hybridized carbons (Fsp3) is 0.533. The van der Waals surface area contributed by atoms with E-state index in [9.17, 15) is 9.18 Å². The molecule has 0 aliphatic rings. The largest absolute Gasteiger partial charge is 0.330 e. The summed E-state index contributed by atoms with van der Waals surface area (Å²) in [6.45, 7) is 5.16. The highest BCUT2D eigenvalue weighted by molar-refractivity contribution is 5.93. The molecule has 0 radical (unpaired) electrons. The first-order valence-corrected chi connectivity index (χ1v) is 6.84. The highest BCUT2D eigenvalue weighted by Gasteiger charge is 2.17. The number of carbonyl (C=O) groups excluding carboxylic acids is 1. The van der Waals surface area contributed by atoms with E-state index in [0.717, 1.165) is 6.42 Å². The number of hydrogen-bond donors (Lipinski definition) is 1. The summed E-state index contributed by atoms with van der Waals surface area (Å²) < 4.78 is 13.3. The number of amides is 1. The molecule has 0 spiro atoms. The molecular weight excluding hydrogens is 243 g/mol. The molecule has 4 heteroatoms. The van der Waals surface area contributed by atoms with E-state index in [1.807, 2.05) is 6.92 Å². The molecule has 1 atom stereocenters. The molecule has 0 bridgehead atoms. The molecule has 19 heavy (non-hydrogen) atoms. The molecule has 106 valence electrons. The van der Waals surface area contributed by atoms with Crippen LogP contribution >= 0.6 is 0 Å². The number of hydrogen-bond acceptors (Lipinski definition) is 2. The third kappa shape index (κ3) is 4.99. The van der Waals surface area contributed by atoms with Crippen LogP contribution in [0, 0.1) is 11.7 Å². The van der Waals surface area contributed by atoms with Crippen molar-refractivity contribution in [2.45, 2.75) is 33.1 Å². The molecule has 1 unspecified atom stereocenters. The van der Waals surface area contributed by atoms with Gasteiger partial charge in [0.05, 0.1) is 0 Å². The fourth-order valence-corrected chi connectivity index (χ4v) is 1.84. The molecule has 1 aromatic rings. The lowest BCUT2D eigenvalue weighted by atomic mass is 10.0. The van der Waals surface area contributed by atoms with Gasteiger partial charge in [0, 0.05) is 18.7 Å². The fourth-order valence-electron chi connectivity index (χ4n) is 1.84. The molecule has 2 N–H and O–H groups in total. The van der Waals surface area contributed by atoms with Gasteiger partial charge in [-0.1, -0.05) is 26.3 Å². The summed E-state index contributed by atoms with van der Waals surface area (Å²) in [5, 5.41) is 0. The molecule has 3 nitrogen and oxygen atoms in total. The van der Waals surface area contributed by atoms with Gasteiger partial charge < -0.3 is 10.6 Å². The second-order valence-electron chi connectivity index (χ2n) is 4.89. The highest BCUT2D eigenvalue weighted by Crippen LogP contribution is 2.19. The highest BCUT2D eigenvalue weighted by atomic mass is 19.1. The summed E-state index contributed by atoms with van der Waals surface area (Å²) in [6.07, 6.45) is 2.15. The minimum Gasteiger partial charge on any atom is -0.330 e. The maximum Gasteiger partial charge on any atom is 0.227 e. The first-order valence-electron chi connectivity index (χ1n) is 6.84. The Bertz CT molecular complexity index is 409. The Morgan fingerprint density at radius 2 is 2.21 bits per heavy atom. The van der Waals surface area contributed by atoms with Gasteiger partial charge in [-0.25, -0.2) is 4.39 Å². The van der Waals surface area contributed by atoms with Gasteiger partial charge in [-0.15, -0.1) is 0 Å². The predicted octanol–water partition coefficient (Wildman–Crippen LogP) is 2.94. The van der Waals surface area contributed by atoms with E-state index in [-0.39, 0.29) is 11.7 Å². The maximum absolute atomic E-state index is 13.3. The standard InChI is InChI=1S/C15H23FN2O/c1-3-12(2)10-15(19)18(9-5-8-17)14-7-4-6-13(16)11-14/h4,6-7,11-12H,3,5,8-10,17H2,1-2H3. The van der Waals surface area contributed by atoms with Crippen molar-refractivity contribution in [1.82, 2.24) is 0 Å². The number of nitrogens with zero attached hydrogens (tertiary/aromatic N) is 1. The Labute approximate surface area is 114 Å². The Hall–Kier alpha value is -1.42. The van der Waals surface area contributed by atoms with Crippen molar-refractivity contribution in [3.8, 4) is 0 Å². The van der Waals surface area contributed by atoms with Crippen molar-refractivity contribution >= 4 is 11.6 Å². The molecule has 0 saturated carbocycles. The summed E-state index contributed by atoms with van der Waals surface area (Å²) in [5.74, 6) is 0.0430. The Balaban J connectivity index is 2.84. The number of anilines is 1. The van der Waals surface area contributed by atoms with Crippen LogP contribution in [-0.2, 0) is 4.79 Å². The van der Waals surface area contributed by atoms with Crippen molar-refractivity contribution < 1.29 is 9.18 Å². The SMILES string of the molecule is CCC(C)CC(=O)N(CCCN)c1cccc(F)c1. The van der Waals surface area contributed by atoms with Crippen LogP contribution < -0.4 is 10.6 Å². The normalized spacial score (nSPS) is 12.2. The number of rotatable bonds is 7. The van der Waals surface area contributed by atoms with Crippen LogP contribution in [0.5, 0.6) is 0 Å². The average molecular weight is 266 g/mol. The van der Waals surface area contributed by atoms with Crippen LogP contribution in [-0.4, -0.2) is 19.0 Å². The van der Waals surface area contributed by atoms with Crippen molar-refractivity contribution in [2.75, 3.05) is 18.0 Å². The van der Waals surface area contributed by atoms with Crippen LogP contribution in [0.4, 0.5) is 10.1 Å². The summed E-state index contributed by atoms with van der Waals surface area (Å²) >= 11 is 0. The van der Waals surface area contributed by atoms with Crippen molar-refractivity contribution in [2.24, 2.45) is 11.7 Å². The lowest BCUT2D eigenvalue weighted by molar-refractivity contribution is -0.119. The van der Waals surface area contributed by atoms with Gasteiger partial charge in [0.25, 0.3) is 0 Å². The lowest BCUT2D eigenvalue weighted by Gasteiger charge is -2.24. The summed E-state index contributed by atoms with van der Waals surface area (Å²) in [4.78, 5) is 13.9. The smallest absolute Gasteiger partial charge is 0.227 e. The average Bonchev–Trinajstić information content (AvgIpc) is 2.39. The molecular formula is C15H23FN2O. The molecule has 1 rings (SSSR count). The van der Waals surface area contributed by atoms with Crippen molar-refractivity contribution in [3.05, 3.63) is 30.1 Å². The number of halogens is 1. The van der Waals surface area contributed by atoms with E-state index in [0.29, 0.717) is 37.5 Å². The molecule has 0 aliphatic carbocycles. The first-order chi connectivity index (χ1) is 9.08. The Morgan fingerprint density at radius 1 is 1.47 bits per heavy atom. The van der Waals surface area contributed by atoms with Crippen LogP contribution in [0.15, 0.2) is 24.3 Å². The van der Waals surface area contributed by atoms with Crippen LogP contribution in [0.25, 0.3) is 0 Å². The minimum atomic E-state index is -0.327. The molecule has 0 aliphatic heterocycles. The van der Waals surface area contributed by atoms with Gasteiger partial charge in [0.15, 0.2) is 0 Å². The van der Waals surface area contributed by atoms with Crippen molar-refractivity contribution in [1.29, 1.82) is 0 Å². The van der Waals surface area contributed by atoms with Gasteiger partial charge in [-0.2, -0.15) is 0 Å². The van der Waals surface area contributed by atoms with E-state index in [4.69, 9.17) is 5.73 Å². The van der Waals surface area contributed by atoms with Crippen LogP contribution in [0.3, 0.4) is 0 Å². The lowest BCUT2D eigenvalue weighted by Crippen LogP contribution is -2.33. The quantitative estimate of drug-likeness (QED) is 0.824. The second kappa shape index (κ2) is 7.89. The molecule has 0 fully saturated rings. The molecule has 0 heterocycles. The van der Waals surface area contributed by atoms with E-state index in [2.05, 4.69) is 6.92 Å². The summed E-state index contributed by atoms with van der Waals surface area (Å²) in [6, 6.07) is 6.15. The number of benzene rings is 1. The summed E-state index contributed by atoms with van der Waals surface area (Å²) in [7, 11) is 0. The van der Waals surface area contributed by atoms with Crippen LogP contribution in [0.1, 0.15) is 33.1 Å². The Kier molecular flexibility index (Phi) is 6.50. The minimum absolute atomic E-state index is 0.0356.